The van der Waals surface area contributed by atoms with Crippen molar-refractivity contribution in [2.75, 3.05) is 12.4 Å². The molecule has 0 radical (unpaired) electrons. The fourth-order valence-corrected chi connectivity index (χ4v) is 2.26. The first-order valence-electron chi connectivity index (χ1n) is 6.38. The summed E-state index contributed by atoms with van der Waals surface area (Å²) >= 11 is 11.9. The highest BCUT2D eigenvalue weighted by atomic mass is 35.5. The van der Waals surface area contributed by atoms with E-state index in [1.807, 2.05) is 25.1 Å². The first-order valence-corrected chi connectivity index (χ1v) is 7.13. The van der Waals surface area contributed by atoms with E-state index in [1.54, 1.807) is 18.2 Å². The van der Waals surface area contributed by atoms with E-state index in [1.165, 1.54) is 7.11 Å². The van der Waals surface area contributed by atoms with Gasteiger partial charge in [-0.25, -0.2) is 4.79 Å². The van der Waals surface area contributed by atoms with E-state index >= 15 is 0 Å². The van der Waals surface area contributed by atoms with Gasteiger partial charge in [0.15, 0.2) is 0 Å². The van der Waals surface area contributed by atoms with Crippen molar-refractivity contribution < 1.29 is 9.53 Å². The van der Waals surface area contributed by atoms with Gasteiger partial charge in [-0.05, 0) is 36.8 Å². The molecule has 0 atom stereocenters. The minimum Gasteiger partial charge on any atom is -0.465 e. The average Bonchev–Trinajstić information content (AvgIpc) is 2.48. The van der Waals surface area contributed by atoms with Crippen LogP contribution in [0.2, 0.25) is 10.0 Å². The van der Waals surface area contributed by atoms with Gasteiger partial charge in [0.05, 0.1) is 22.7 Å². The van der Waals surface area contributed by atoms with Crippen LogP contribution >= 0.6 is 23.2 Å². The van der Waals surface area contributed by atoms with Gasteiger partial charge in [0, 0.05) is 12.2 Å². The third-order valence-electron chi connectivity index (χ3n) is 3.05. The van der Waals surface area contributed by atoms with Crippen LogP contribution in [0.1, 0.15) is 21.5 Å². The molecule has 0 spiro atoms. The molecule has 0 unspecified atom stereocenters. The number of anilines is 1. The Labute approximate surface area is 133 Å². The number of halogens is 2. The van der Waals surface area contributed by atoms with Crippen LogP contribution < -0.4 is 5.32 Å². The summed E-state index contributed by atoms with van der Waals surface area (Å²) in [7, 11) is 1.37. The van der Waals surface area contributed by atoms with Crippen LogP contribution in [0.3, 0.4) is 0 Å². The molecule has 2 rings (SSSR count). The monoisotopic (exact) mass is 323 g/mol. The van der Waals surface area contributed by atoms with E-state index in [0.29, 0.717) is 22.2 Å². The van der Waals surface area contributed by atoms with Gasteiger partial charge in [0.2, 0.25) is 0 Å². The average molecular weight is 324 g/mol. The lowest BCUT2D eigenvalue weighted by atomic mass is 10.1. The first kappa shape index (κ1) is 15.7. The van der Waals surface area contributed by atoms with Gasteiger partial charge in [-0.1, -0.05) is 40.9 Å². The molecule has 0 fully saturated rings. The third-order valence-corrected chi connectivity index (χ3v) is 3.79. The van der Waals surface area contributed by atoms with E-state index in [4.69, 9.17) is 27.9 Å². The van der Waals surface area contributed by atoms with Crippen LogP contribution in [-0.2, 0) is 11.3 Å². The van der Waals surface area contributed by atoms with Crippen molar-refractivity contribution in [2.45, 2.75) is 13.5 Å². The summed E-state index contributed by atoms with van der Waals surface area (Å²) in [5.74, 6) is -0.365. The molecule has 0 saturated carbocycles. The van der Waals surface area contributed by atoms with Gasteiger partial charge in [-0.2, -0.15) is 0 Å². The Balaban J connectivity index is 2.19. The molecule has 2 aromatic rings. The molecular weight excluding hydrogens is 309 g/mol. The smallest absolute Gasteiger partial charge is 0.339 e. The molecule has 0 bridgehead atoms. The van der Waals surface area contributed by atoms with E-state index in [2.05, 4.69) is 5.32 Å². The van der Waals surface area contributed by atoms with Crippen LogP contribution in [0, 0.1) is 6.92 Å². The molecule has 0 aromatic heterocycles. The largest absolute Gasteiger partial charge is 0.465 e. The lowest BCUT2D eigenvalue weighted by Gasteiger charge is -2.12. The molecule has 21 heavy (non-hydrogen) atoms. The second kappa shape index (κ2) is 6.83. The maximum atomic E-state index is 11.8. The molecule has 2 aromatic carbocycles. The highest BCUT2D eigenvalue weighted by Crippen LogP contribution is 2.24. The fourth-order valence-electron chi connectivity index (χ4n) is 1.94. The second-order valence-electron chi connectivity index (χ2n) is 4.64. The van der Waals surface area contributed by atoms with Gasteiger partial charge < -0.3 is 10.1 Å². The number of benzene rings is 2. The number of hydrogen-bond acceptors (Lipinski definition) is 3. The first-order chi connectivity index (χ1) is 10.0. The van der Waals surface area contributed by atoms with E-state index in [-0.39, 0.29) is 5.97 Å². The molecule has 0 saturated heterocycles. The number of hydrogen-bond donors (Lipinski definition) is 1. The fraction of sp³-hybridized carbons (Fsp3) is 0.188. The Bertz CT molecular complexity index is 671. The Kier molecular flexibility index (Phi) is 5.10. The zero-order valence-corrected chi connectivity index (χ0v) is 13.3. The second-order valence-corrected chi connectivity index (χ2v) is 5.46. The Hall–Kier alpha value is -1.71. The summed E-state index contributed by atoms with van der Waals surface area (Å²) < 4.78 is 4.80. The molecule has 0 aliphatic carbocycles. The summed E-state index contributed by atoms with van der Waals surface area (Å²) in [6, 6.07) is 11.0. The molecule has 0 heterocycles. The number of rotatable bonds is 4. The van der Waals surface area contributed by atoms with Crippen molar-refractivity contribution >= 4 is 34.9 Å². The molecule has 0 aliphatic rings. The van der Waals surface area contributed by atoms with Gasteiger partial charge in [0.1, 0.15) is 0 Å². The molecule has 110 valence electrons. The number of nitrogens with one attached hydrogen (secondary N) is 1. The Morgan fingerprint density at radius 3 is 2.57 bits per heavy atom. The SMILES string of the molecule is COC(=O)c1cc(C)ccc1NCc1ccc(Cl)c(Cl)c1. The quantitative estimate of drug-likeness (QED) is 0.829. The van der Waals surface area contributed by atoms with Crippen LogP contribution in [0.15, 0.2) is 36.4 Å². The predicted molar refractivity (Wildman–Crippen MR) is 86.3 cm³/mol. The summed E-state index contributed by atoms with van der Waals surface area (Å²) in [6.45, 7) is 2.46. The standard InChI is InChI=1S/C16H15Cl2NO2/c1-10-3-6-15(12(7-10)16(20)21-2)19-9-11-4-5-13(17)14(18)8-11/h3-8,19H,9H2,1-2H3. The lowest BCUT2D eigenvalue weighted by Crippen LogP contribution is -2.08. The lowest BCUT2D eigenvalue weighted by molar-refractivity contribution is 0.0601. The topological polar surface area (TPSA) is 38.3 Å². The van der Waals surface area contributed by atoms with Crippen LogP contribution in [-0.4, -0.2) is 13.1 Å². The van der Waals surface area contributed by atoms with Crippen molar-refractivity contribution in [1.29, 1.82) is 0 Å². The molecule has 3 nitrogen and oxygen atoms in total. The van der Waals surface area contributed by atoms with Crippen molar-refractivity contribution in [2.24, 2.45) is 0 Å². The van der Waals surface area contributed by atoms with Crippen LogP contribution in [0.25, 0.3) is 0 Å². The minimum absolute atomic E-state index is 0.365. The summed E-state index contributed by atoms with van der Waals surface area (Å²) in [4.78, 5) is 11.8. The number of esters is 1. The summed E-state index contributed by atoms with van der Waals surface area (Å²) in [6.07, 6.45) is 0. The van der Waals surface area contributed by atoms with Gasteiger partial charge >= 0.3 is 5.97 Å². The predicted octanol–water partition coefficient (Wildman–Crippen LogP) is 4.70. The number of methoxy groups -OCH3 is 1. The number of carbonyl (C=O) groups is 1. The van der Waals surface area contributed by atoms with Crippen molar-refractivity contribution in [3.8, 4) is 0 Å². The van der Waals surface area contributed by atoms with E-state index in [0.717, 1.165) is 16.8 Å². The molecule has 5 heteroatoms. The number of aryl methyl sites for hydroxylation is 1. The molecular formula is C16H15Cl2NO2. The molecule has 0 aliphatic heterocycles. The van der Waals surface area contributed by atoms with Gasteiger partial charge in [-0.3, -0.25) is 0 Å². The van der Waals surface area contributed by atoms with E-state index in [9.17, 15) is 4.79 Å². The highest BCUT2D eigenvalue weighted by molar-refractivity contribution is 6.42. The Morgan fingerprint density at radius 1 is 1.14 bits per heavy atom. The highest BCUT2D eigenvalue weighted by Gasteiger charge is 2.12. The van der Waals surface area contributed by atoms with Crippen LogP contribution in [0.4, 0.5) is 5.69 Å². The van der Waals surface area contributed by atoms with Crippen molar-refractivity contribution in [3.63, 3.8) is 0 Å². The van der Waals surface area contributed by atoms with E-state index < -0.39 is 0 Å². The maximum Gasteiger partial charge on any atom is 0.339 e. The zero-order chi connectivity index (χ0) is 15.4. The minimum atomic E-state index is -0.365. The summed E-state index contributed by atoms with van der Waals surface area (Å²) in [5.41, 5.74) is 3.20. The maximum absolute atomic E-state index is 11.8. The third kappa shape index (κ3) is 3.90. The summed E-state index contributed by atoms with van der Waals surface area (Å²) in [5, 5.41) is 4.24. The number of ether oxygens (including phenoxy) is 1. The zero-order valence-electron chi connectivity index (χ0n) is 11.7. The normalized spacial score (nSPS) is 10.3. The Morgan fingerprint density at radius 2 is 1.90 bits per heavy atom. The van der Waals surface area contributed by atoms with Crippen LogP contribution in [0.5, 0.6) is 0 Å². The van der Waals surface area contributed by atoms with Crippen molar-refractivity contribution in [3.05, 3.63) is 63.1 Å². The molecule has 1 N–H and O–H groups in total. The molecule has 0 amide bonds. The van der Waals surface area contributed by atoms with Gasteiger partial charge in [0.25, 0.3) is 0 Å². The van der Waals surface area contributed by atoms with Gasteiger partial charge in [-0.15, -0.1) is 0 Å². The number of carbonyl (C=O) groups excluding carboxylic acids is 1. The van der Waals surface area contributed by atoms with Crippen molar-refractivity contribution in [1.82, 2.24) is 0 Å².